The van der Waals surface area contributed by atoms with Gasteiger partial charge in [-0.1, -0.05) is 0 Å². The molecule has 1 aromatic rings. The van der Waals surface area contributed by atoms with E-state index in [0.717, 1.165) is 23.8 Å². The van der Waals surface area contributed by atoms with E-state index in [1.54, 1.807) is 0 Å². The normalized spacial score (nSPS) is 18.1. The first kappa shape index (κ1) is 25.1. The van der Waals surface area contributed by atoms with E-state index in [1.807, 2.05) is 0 Å². The summed E-state index contributed by atoms with van der Waals surface area (Å²) in [4.78, 5) is 27.1. The molecule has 1 aliphatic heterocycles. The number of anilines is 2. The van der Waals surface area contributed by atoms with Gasteiger partial charge in [-0.05, 0) is 30.9 Å². The Kier molecular flexibility index (Phi) is 8.08. The molecule has 0 spiro atoms. The van der Waals surface area contributed by atoms with Crippen LogP contribution in [0.25, 0.3) is 0 Å². The van der Waals surface area contributed by atoms with Crippen molar-refractivity contribution >= 4 is 23.2 Å². The predicted octanol–water partition coefficient (Wildman–Crippen LogP) is 2.19. The number of rotatable bonds is 10. The summed E-state index contributed by atoms with van der Waals surface area (Å²) in [6.07, 6.45) is -3.01. The zero-order valence-corrected chi connectivity index (χ0v) is 17.6. The van der Waals surface area contributed by atoms with Crippen LogP contribution >= 0.6 is 0 Å². The molecule has 13 heteroatoms. The molecule has 1 saturated heterocycles. The molecule has 1 aromatic carbocycles. The van der Waals surface area contributed by atoms with Crippen LogP contribution in [0.3, 0.4) is 0 Å². The van der Waals surface area contributed by atoms with Crippen molar-refractivity contribution in [1.29, 1.82) is 0 Å². The minimum atomic E-state index is -4.54. The number of nitrogens with two attached hydrogens (primary N) is 1. The number of nitrogens with one attached hydrogen (secondary N) is 1. The zero-order valence-electron chi connectivity index (χ0n) is 17.6. The van der Waals surface area contributed by atoms with Gasteiger partial charge < -0.3 is 25.4 Å². The first-order valence-electron chi connectivity index (χ1n) is 10.4. The summed E-state index contributed by atoms with van der Waals surface area (Å²) in [5, 5.41) is 2.35. The van der Waals surface area contributed by atoms with E-state index in [-0.39, 0.29) is 49.5 Å². The van der Waals surface area contributed by atoms with Crippen LogP contribution in [0.4, 0.5) is 33.3 Å². The standard InChI is InChI=1S/C20H25F5N4O4/c21-19(22)33-16-7-13(29-5-6-32-10-17(29)30)3-4-14(16)27-18(31)15(8-26)28(9-12-1-2-12)11-20(23,24)25/h3-4,7,12,15,19H,1-2,5-6,8-11,26H2,(H,27,31)/t15-/m0/s1. The zero-order chi connectivity index (χ0) is 24.2. The van der Waals surface area contributed by atoms with E-state index in [1.165, 1.54) is 17.0 Å². The van der Waals surface area contributed by atoms with Crippen LogP contribution in [0, 0.1) is 5.92 Å². The second-order valence-electron chi connectivity index (χ2n) is 7.89. The van der Waals surface area contributed by atoms with E-state index in [0.29, 0.717) is 0 Å². The van der Waals surface area contributed by atoms with Crippen LogP contribution in [-0.2, 0) is 14.3 Å². The van der Waals surface area contributed by atoms with Gasteiger partial charge in [-0.25, -0.2) is 0 Å². The predicted molar refractivity (Wildman–Crippen MR) is 108 cm³/mol. The van der Waals surface area contributed by atoms with Gasteiger partial charge in [-0.2, -0.15) is 22.0 Å². The number of alkyl halides is 5. The Balaban J connectivity index is 1.81. The monoisotopic (exact) mass is 480 g/mol. The Hall–Kier alpha value is -2.51. The number of amides is 2. The van der Waals surface area contributed by atoms with Gasteiger partial charge in [0.25, 0.3) is 5.91 Å². The lowest BCUT2D eigenvalue weighted by atomic mass is 10.1. The first-order valence-corrected chi connectivity index (χ1v) is 10.4. The summed E-state index contributed by atoms with van der Waals surface area (Å²) in [6.45, 7) is -4.63. The maximum atomic E-state index is 13.1. The van der Waals surface area contributed by atoms with Crippen LogP contribution in [-0.4, -0.2) is 74.9 Å². The highest BCUT2D eigenvalue weighted by Gasteiger charge is 2.39. The van der Waals surface area contributed by atoms with E-state index in [4.69, 9.17) is 10.5 Å². The maximum absolute atomic E-state index is 13.1. The lowest BCUT2D eigenvalue weighted by molar-refractivity contribution is -0.154. The molecule has 1 aliphatic carbocycles. The summed E-state index contributed by atoms with van der Waals surface area (Å²) in [7, 11) is 0. The lowest BCUT2D eigenvalue weighted by Crippen LogP contribution is -2.52. The average Bonchev–Trinajstić information content (AvgIpc) is 3.52. The summed E-state index contributed by atoms with van der Waals surface area (Å²) in [5.74, 6) is -1.64. The molecule has 3 rings (SSSR count). The smallest absolute Gasteiger partial charge is 0.401 e. The van der Waals surface area contributed by atoms with Gasteiger partial charge in [0.05, 0.1) is 18.8 Å². The number of nitrogens with zero attached hydrogens (tertiary/aromatic N) is 2. The Bertz CT molecular complexity index is 850. The largest absolute Gasteiger partial charge is 0.433 e. The van der Waals surface area contributed by atoms with Crippen LogP contribution < -0.4 is 20.7 Å². The molecular weight excluding hydrogens is 455 g/mol. The molecule has 0 unspecified atom stereocenters. The van der Waals surface area contributed by atoms with Gasteiger partial charge in [0.15, 0.2) is 5.75 Å². The summed E-state index contributed by atoms with van der Waals surface area (Å²) in [5.41, 5.74) is 5.69. The van der Waals surface area contributed by atoms with Gasteiger partial charge in [0, 0.05) is 31.4 Å². The second kappa shape index (κ2) is 10.6. The Morgan fingerprint density at radius 2 is 2.06 bits per heavy atom. The third kappa shape index (κ3) is 7.24. The summed E-state index contributed by atoms with van der Waals surface area (Å²) < 4.78 is 74.7. The van der Waals surface area contributed by atoms with E-state index in [2.05, 4.69) is 10.1 Å². The maximum Gasteiger partial charge on any atom is 0.401 e. The van der Waals surface area contributed by atoms with Crippen molar-refractivity contribution in [3.8, 4) is 5.75 Å². The molecule has 8 nitrogen and oxygen atoms in total. The average molecular weight is 480 g/mol. The minimum Gasteiger partial charge on any atom is -0.433 e. The molecule has 0 radical (unpaired) electrons. The molecule has 2 amide bonds. The quantitative estimate of drug-likeness (QED) is 0.499. The van der Waals surface area contributed by atoms with Gasteiger partial charge in [0.2, 0.25) is 5.91 Å². The molecule has 3 N–H and O–H groups in total. The van der Waals surface area contributed by atoms with Crippen LogP contribution in [0.2, 0.25) is 0 Å². The molecule has 33 heavy (non-hydrogen) atoms. The SMILES string of the molecule is NC[C@@H](C(=O)Nc1ccc(N2CCOCC2=O)cc1OC(F)F)N(CC1CC1)CC(F)(F)F. The Morgan fingerprint density at radius 1 is 1.33 bits per heavy atom. The number of carbonyl (C=O) groups is 2. The third-order valence-corrected chi connectivity index (χ3v) is 5.28. The number of carbonyl (C=O) groups excluding carboxylic acids is 2. The van der Waals surface area contributed by atoms with Gasteiger partial charge in [-0.15, -0.1) is 0 Å². The van der Waals surface area contributed by atoms with Crippen molar-refractivity contribution in [2.24, 2.45) is 11.7 Å². The molecule has 1 atom stereocenters. The van der Waals surface area contributed by atoms with Gasteiger partial charge >= 0.3 is 12.8 Å². The van der Waals surface area contributed by atoms with Crippen molar-refractivity contribution in [3.05, 3.63) is 18.2 Å². The van der Waals surface area contributed by atoms with Crippen molar-refractivity contribution in [3.63, 3.8) is 0 Å². The fraction of sp³-hybridized carbons (Fsp3) is 0.600. The van der Waals surface area contributed by atoms with Gasteiger partial charge in [0.1, 0.15) is 12.6 Å². The molecule has 2 fully saturated rings. The molecule has 2 aliphatic rings. The number of hydrogen-bond acceptors (Lipinski definition) is 6. The first-order chi connectivity index (χ1) is 15.6. The number of hydrogen-bond donors (Lipinski definition) is 2. The highest BCUT2D eigenvalue weighted by atomic mass is 19.4. The topological polar surface area (TPSA) is 97.1 Å². The summed E-state index contributed by atoms with van der Waals surface area (Å²) >= 11 is 0. The van der Waals surface area contributed by atoms with Crippen LogP contribution in [0.1, 0.15) is 12.8 Å². The summed E-state index contributed by atoms with van der Waals surface area (Å²) in [6, 6.07) is 2.48. The number of morpholine rings is 1. The molecule has 0 bridgehead atoms. The number of ether oxygens (including phenoxy) is 2. The lowest BCUT2D eigenvalue weighted by Gasteiger charge is -2.31. The number of halogens is 5. The van der Waals surface area contributed by atoms with Crippen molar-refractivity contribution < 1.29 is 41.0 Å². The third-order valence-electron chi connectivity index (χ3n) is 5.28. The van der Waals surface area contributed by atoms with Crippen LogP contribution in [0.15, 0.2) is 18.2 Å². The van der Waals surface area contributed by atoms with E-state index in [9.17, 15) is 31.5 Å². The Labute approximate surface area is 186 Å². The van der Waals surface area contributed by atoms with Crippen molar-refractivity contribution in [2.45, 2.75) is 31.7 Å². The fourth-order valence-corrected chi connectivity index (χ4v) is 3.57. The van der Waals surface area contributed by atoms with Crippen molar-refractivity contribution in [2.75, 3.05) is 49.6 Å². The molecule has 1 saturated carbocycles. The highest BCUT2D eigenvalue weighted by Crippen LogP contribution is 2.34. The highest BCUT2D eigenvalue weighted by molar-refractivity contribution is 5.98. The molecule has 1 heterocycles. The van der Waals surface area contributed by atoms with E-state index < -0.39 is 43.6 Å². The molecule has 184 valence electrons. The van der Waals surface area contributed by atoms with Gasteiger partial charge in [-0.3, -0.25) is 14.5 Å². The van der Waals surface area contributed by atoms with Crippen LogP contribution in [0.5, 0.6) is 5.75 Å². The molecular formula is C20H25F5N4O4. The number of benzene rings is 1. The minimum absolute atomic E-state index is 0.0489. The fourth-order valence-electron chi connectivity index (χ4n) is 3.57. The van der Waals surface area contributed by atoms with E-state index >= 15 is 0 Å². The molecule has 0 aromatic heterocycles. The second-order valence-corrected chi connectivity index (χ2v) is 7.89. The Morgan fingerprint density at radius 3 is 2.64 bits per heavy atom. The van der Waals surface area contributed by atoms with Crippen molar-refractivity contribution in [1.82, 2.24) is 4.90 Å².